The molecule has 0 saturated heterocycles. The van der Waals surface area contributed by atoms with Crippen LogP contribution < -0.4 is 0 Å². The van der Waals surface area contributed by atoms with Crippen LogP contribution in [0.25, 0.3) is 0 Å². The van der Waals surface area contributed by atoms with E-state index in [1.807, 2.05) is 6.92 Å². The minimum Gasteiger partial charge on any atom is -0.279 e. The van der Waals surface area contributed by atoms with Crippen LogP contribution in [0.3, 0.4) is 0 Å². The Kier molecular flexibility index (Phi) is 2.51. The van der Waals surface area contributed by atoms with Crippen molar-refractivity contribution < 1.29 is 4.39 Å². The predicted molar refractivity (Wildman–Crippen MR) is 39.9 cm³/mol. The number of hydrogen-bond acceptors (Lipinski definition) is 2. The third-order valence-electron chi connectivity index (χ3n) is 1.24. The van der Waals surface area contributed by atoms with Crippen LogP contribution in [0.15, 0.2) is 4.99 Å². The zero-order valence-electron chi connectivity index (χ0n) is 5.43. The minimum atomic E-state index is -0.794. The van der Waals surface area contributed by atoms with E-state index in [1.54, 1.807) is 11.8 Å². The summed E-state index contributed by atoms with van der Waals surface area (Å²) in [4.78, 5) is 4.01. The molecule has 1 aliphatic rings. The number of halogens is 1. The number of nitrogens with zero attached hydrogens (tertiary/aromatic N) is 1. The van der Waals surface area contributed by atoms with Gasteiger partial charge < -0.3 is 0 Å². The first-order valence-corrected chi connectivity index (χ1v) is 4.14. The average molecular weight is 147 g/mol. The van der Waals surface area contributed by atoms with Crippen LogP contribution in [0.4, 0.5) is 4.39 Å². The smallest absolute Gasteiger partial charge is 0.147 e. The molecule has 0 N–H and O–H groups in total. The normalized spacial score (nSPS) is 21.8. The molecular formula is C6H10FNS. The zero-order valence-corrected chi connectivity index (χ0v) is 6.25. The Balaban J connectivity index is 2.40. The van der Waals surface area contributed by atoms with E-state index in [4.69, 9.17) is 0 Å². The number of aliphatic imine (C=N–C) groups is 1. The summed E-state index contributed by atoms with van der Waals surface area (Å²) in [6.45, 7) is 2.65. The molecule has 0 aromatic rings. The van der Waals surface area contributed by atoms with Crippen molar-refractivity contribution in [1.82, 2.24) is 0 Å². The molecule has 1 atom stereocenters. The van der Waals surface area contributed by atoms with Gasteiger partial charge in [-0.05, 0) is 6.42 Å². The van der Waals surface area contributed by atoms with Crippen LogP contribution >= 0.6 is 11.8 Å². The van der Waals surface area contributed by atoms with Crippen molar-refractivity contribution in [2.45, 2.75) is 19.5 Å². The Morgan fingerprint density at radius 3 is 3.11 bits per heavy atom. The van der Waals surface area contributed by atoms with Gasteiger partial charge in [-0.3, -0.25) is 4.99 Å². The van der Waals surface area contributed by atoms with Crippen molar-refractivity contribution in [1.29, 1.82) is 0 Å². The van der Waals surface area contributed by atoms with Crippen molar-refractivity contribution in [3.8, 4) is 0 Å². The van der Waals surface area contributed by atoms with Crippen molar-refractivity contribution >= 4 is 16.8 Å². The van der Waals surface area contributed by atoms with Gasteiger partial charge in [0.25, 0.3) is 0 Å². The Labute approximate surface area is 58.7 Å². The highest BCUT2D eigenvalue weighted by molar-refractivity contribution is 8.14. The average Bonchev–Trinajstić information content (AvgIpc) is 2.37. The lowest BCUT2D eigenvalue weighted by atomic mass is 10.3. The van der Waals surface area contributed by atoms with Gasteiger partial charge in [-0.25, -0.2) is 4.39 Å². The first-order chi connectivity index (χ1) is 4.34. The molecule has 0 aromatic heterocycles. The molecule has 0 spiro atoms. The summed E-state index contributed by atoms with van der Waals surface area (Å²) in [5.41, 5.74) is 0. The molecule has 0 amide bonds. The Morgan fingerprint density at radius 2 is 2.67 bits per heavy atom. The molecule has 1 heterocycles. The standard InChI is InChI=1S/C6H10FNS/c1-2-5(7)6-8-3-4-9-6/h5H,2-4H2,1H3. The van der Waals surface area contributed by atoms with Crippen LogP contribution in [0, 0.1) is 0 Å². The van der Waals surface area contributed by atoms with Crippen LogP contribution in [0.5, 0.6) is 0 Å². The molecule has 0 aromatic carbocycles. The Bertz CT molecular complexity index is 124. The van der Waals surface area contributed by atoms with Gasteiger partial charge in [0, 0.05) is 12.3 Å². The van der Waals surface area contributed by atoms with Gasteiger partial charge in [0.1, 0.15) is 11.2 Å². The number of thioether (sulfide) groups is 1. The lowest BCUT2D eigenvalue weighted by molar-refractivity contribution is 0.418. The van der Waals surface area contributed by atoms with Crippen LogP contribution in [-0.2, 0) is 0 Å². The molecular weight excluding hydrogens is 137 g/mol. The summed E-state index contributed by atoms with van der Waals surface area (Å²) in [6.07, 6.45) is -0.233. The van der Waals surface area contributed by atoms with E-state index in [1.165, 1.54) is 0 Å². The first kappa shape index (κ1) is 7.06. The highest BCUT2D eigenvalue weighted by Gasteiger charge is 2.15. The van der Waals surface area contributed by atoms with Crippen LogP contribution in [0.2, 0.25) is 0 Å². The minimum absolute atomic E-state index is 0.561. The van der Waals surface area contributed by atoms with E-state index >= 15 is 0 Å². The third kappa shape index (κ3) is 1.68. The molecule has 0 radical (unpaired) electrons. The maximum absolute atomic E-state index is 12.7. The van der Waals surface area contributed by atoms with Crippen LogP contribution in [0.1, 0.15) is 13.3 Å². The highest BCUT2D eigenvalue weighted by Crippen LogP contribution is 2.18. The van der Waals surface area contributed by atoms with Gasteiger partial charge in [-0.1, -0.05) is 6.92 Å². The number of alkyl halides is 1. The van der Waals surface area contributed by atoms with E-state index in [-0.39, 0.29) is 0 Å². The van der Waals surface area contributed by atoms with E-state index in [9.17, 15) is 4.39 Å². The molecule has 1 unspecified atom stereocenters. The summed E-state index contributed by atoms with van der Waals surface area (Å²) >= 11 is 1.55. The molecule has 1 rings (SSSR count). The topological polar surface area (TPSA) is 12.4 Å². The molecule has 0 bridgehead atoms. The van der Waals surface area contributed by atoms with Crippen molar-refractivity contribution in [2.75, 3.05) is 12.3 Å². The fourth-order valence-electron chi connectivity index (χ4n) is 0.716. The van der Waals surface area contributed by atoms with E-state index in [0.717, 1.165) is 12.3 Å². The van der Waals surface area contributed by atoms with Gasteiger partial charge >= 0.3 is 0 Å². The molecule has 0 fully saturated rings. The molecule has 1 aliphatic heterocycles. The Hall–Kier alpha value is -0.0500. The fraction of sp³-hybridized carbons (Fsp3) is 0.833. The molecule has 1 nitrogen and oxygen atoms in total. The number of rotatable bonds is 2. The molecule has 52 valence electrons. The predicted octanol–water partition coefficient (Wildman–Crippen LogP) is 1.88. The van der Waals surface area contributed by atoms with Gasteiger partial charge in [-0.15, -0.1) is 11.8 Å². The lowest BCUT2D eigenvalue weighted by Gasteiger charge is -2.00. The highest BCUT2D eigenvalue weighted by atomic mass is 32.2. The van der Waals surface area contributed by atoms with Crippen molar-refractivity contribution in [3.63, 3.8) is 0 Å². The van der Waals surface area contributed by atoms with Crippen molar-refractivity contribution in [3.05, 3.63) is 0 Å². The Morgan fingerprint density at radius 1 is 1.89 bits per heavy atom. The van der Waals surface area contributed by atoms with Crippen LogP contribution in [-0.4, -0.2) is 23.5 Å². The summed E-state index contributed by atoms with van der Waals surface area (Å²) in [6, 6.07) is 0. The SMILES string of the molecule is CCC(F)C1=NCCS1. The second kappa shape index (κ2) is 3.20. The molecule has 9 heavy (non-hydrogen) atoms. The fourth-order valence-corrected chi connectivity index (χ4v) is 1.64. The second-order valence-electron chi connectivity index (χ2n) is 1.94. The van der Waals surface area contributed by atoms with Gasteiger partial charge in [0.2, 0.25) is 0 Å². The van der Waals surface area contributed by atoms with Gasteiger partial charge in [0.05, 0.1) is 0 Å². The molecule has 0 saturated carbocycles. The first-order valence-electron chi connectivity index (χ1n) is 3.15. The van der Waals surface area contributed by atoms with Gasteiger partial charge in [0.15, 0.2) is 0 Å². The number of hydrogen-bond donors (Lipinski definition) is 0. The summed E-state index contributed by atoms with van der Waals surface area (Å²) in [5.74, 6) is 0.968. The summed E-state index contributed by atoms with van der Waals surface area (Å²) in [5, 5.41) is 0.706. The van der Waals surface area contributed by atoms with E-state index in [2.05, 4.69) is 4.99 Å². The third-order valence-corrected chi connectivity index (χ3v) is 2.30. The monoisotopic (exact) mass is 147 g/mol. The van der Waals surface area contributed by atoms with E-state index < -0.39 is 6.17 Å². The van der Waals surface area contributed by atoms with Gasteiger partial charge in [-0.2, -0.15) is 0 Å². The molecule has 0 aliphatic carbocycles. The quantitative estimate of drug-likeness (QED) is 0.581. The van der Waals surface area contributed by atoms with Crippen molar-refractivity contribution in [2.24, 2.45) is 4.99 Å². The lowest BCUT2D eigenvalue weighted by Crippen LogP contribution is -2.07. The summed E-state index contributed by atoms with van der Waals surface area (Å²) < 4.78 is 12.7. The second-order valence-corrected chi connectivity index (χ2v) is 3.06. The summed E-state index contributed by atoms with van der Waals surface area (Å²) in [7, 11) is 0. The van der Waals surface area contributed by atoms with E-state index in [0.29, 0.717) is 11.5 Å². The largest absolute Gasteiger partial charge is 0.279 e. The maximum atomic E-state index is 12.7. The maximum Gasteiger partial charge on any atom is 0.147 e. The zero-order chi connectivity index (χ0) is 6.69. The molecule has 3 heteroatoms.